The van der Waals surface area contributed by atoms with Gasteiger partial charge < -0.3 is 5.32 Å². The van der Waals surface area contributed by atoms with Crippen molar-refractivity contribution in [1.82, 2.24) is 9.62 Å². The zero-order chi connectivity index (χ0) is 18.6. The van der Waals surface area contributed by atoms with Crippen LogP contribution in [0.5, 0.6) is 0 Å². The molecule has 8 nitrogen and oxygen atoms in total. The Balaban J connectivity index is 1.83. The van der Waals surface area contributed by atoms with E-state index in [1.807, 2.05) is 0 Å². The highest BCUT2D eigenvalue weighted by atomic mass is 32.2. The number of amides is 1. The number of nitrogens with one attached hydrogen (secondary N) is 1. The smallest absolute Gasteiger partial charge is 0.269 e. The first-order valence-electron chi connectivity index (χ1n) is 7.83. The average Bonchev–Trinajstić information content (AvgIpc) is 2.55. The topological polar surface area (TPSA) is 110 Å². The van der Waals surface area contributed by atoms with E-state index in [4.69, 9.17) is 0 Å². The SMILES string of the molecule is CC(Sc1ccc([N+](=O)[O-])cc1)C(=O)NC1CCN(S(C)(=O)=O)CC1. The lowest BCUT2D eigenvalue weighted by Crippen LogP contribution is -2.47. The fourth-order valence-electron chi connectivity index (χ4n) is 2.55. The van der Waals surface area contributed by atoms with Crippen LogP contribution in [0.3, 0.4) is 0 Å². The average molecular weight is 387 g/mol. The molecule has 1 N–H and O–H groups in total. The lowest BCUT2D eigenvalue weighted by molar-refractivity contribution is -0.384. The van der Waals surface area contributed by atoms with Crippen LogP contribution in [0.4, 0.5) is 5.69 Å². The molecular weight excluding hydrogens is 366 g/mol. The number of rotatable bonds is 6. The first kappa shape index (κ1) is 19.7. The minimum absolute atomic E-state index is 0.0130. The molecule has 1 amide bonds. The summed E-state index contributed by atoms with van der Waals surface area (Å²) in [6, 6.07) is 6.03. The molecule has 2 rings (SSSR count). The van der Waals surface area contributed by atoms with Crippen LogP contribution in [0.2, 0.25) is 0 Å². The van der Waals surface area contributed by atoms with E-state index in [0.29, 0.717) is 25.9 Å². The third-order valence-electron chi connectivity index (χ3n) is 4.00. The molecule has 0 spiro atoms. The van der Waals surface area contributed by atoms with Gasteiger partial charge in [0.25, 0.3) is 5.69 Å². The first-order valence-corrected chi connectivity index (χ1v) is 10.6. The molecule has 0 aromatic heterocycles. The number of carbonyl (C=O) groups is 1. The number of hydrogen-bond donors (Lipinski definition) is 1. The van der Waals surface area contributed by atoms with Crippen molar-refractivity contribution >= 4 is 33.4 Å². The molecule has 1 aromatic carbocycles. The molecule has 0 radical (unpaired) electrons. The molecular formula is C15H21N3O5S2. The normalized spacial score (nSPS) is 17.8. The molecule has 1 saturated heterocycles. The van der Waals surface area contributed by atoms with Gasteiger partial charge in [-0.1, -0.05) is 0 Å². The Labute approximate surface area is 151 Å². The zero-order valence-corrected chi connectivity index (χ0v) is 15.7. The molecule has 1 aliphatic rings. The molecule has 1 heterocycles. The van der Waals surface area contributed by atoms with Gasteiger partial charge in [0.1, 0.15) is 0 Å². The largest absolute Gasteiger partial charge is 0.352 e. The number of sulfonamides is 1. The summed E-state index contributed by atoms with van der Waals surface area (Å²) in [6.45, 7) is 2.59. The van der Waals surface area contributed by atoms with Gasteiger partial charge in [0.2, 0.25) is 15.9 Å². The van der Waals surface area contributed by atoms with E-state index < -0.39 is 14.9 Å². The summed E-state index contributed by atoms with van der Waals surface area (Å²) < 4.78 is 24.4. The van der Waals surface area contributed by atoms with Crippen molar-refractivity contribution in [1.29, 1.82) is 0 Å². The van der Waals surface area contributed by atoms with Crippen molar-refractivity contribution < 1.29 is 18.1 Å². The van der Waals surface area contributed by atoms with Crippen LogP contribution in [0.1, 0.15) is 19.8 Å². The number of hydrogen-bond acceptors (Lipinski definition) is 6. The lowest BCUT2D eigenvalue weighted by Gasteiger charge is -2.31. The van der Waals surface area contributed by atoms with Gasteiger partial charge >= 0.3 is 0 Å². The van der Waals surface area contributed by atoms with E-state index in [0.717, 1.165) is 4.90 Å². The number of carbonyl (C=O) groups excluding carboxylic acids is 1. The third kappa shape index (κ3) is 5.68. The summed E-state index contributed by atoms with van der Waals surface area (Å²) >= 11 is 1.32. The fourth-order valence-corrected chi connectivity index (χ4v) is 4.31. The zero-order valence-electron chi connectivity index (χ0n) is 14.0. The van der Waals surface area contributed by atoms with Crippen molar-refractivity contribution in [2.24, 2.45) is 0 Å². The number of non-ortho nitro benzene ring substituents is 1. The number of benzene rings is 1. The van der Waals surface area contributed by atoms with E-state index in [9.17, 15) is 23.3 Å². The number of nitrogens with zero attached hydrogens (tertiary/aromatic N) is 2. The van der Waals surface area contributed by atoms with Crippen LogP contribution in [0, 0.1) is 10.1 Å². The Bertz CT molecular complexity index is 728. The molecule has 10 heteroatoms. The highest BCUT2D eigenvalue weighted by Crippen LogP contribution is 2.25. The summed E-state index contributed by atoms with van der Waals surface area (Å²) in [4.78, 5) is 23.3. The highest BCUT2D eigenvalue weighted by Gasteiger charge is 2.27. The van der Waals surface area contributed by atoms with Crippen molar-refractivity contribution in [3.05, 3.63) is 34.4 Å². The van der Waals surface area contributed by atoms with Gasteiger partial charge in [0.15, 0.2) is 0 Å². The molecule has 1 aliphatic heterocycles. The molecule has 1 fully saturated rings. The maximum absolute atomic E-state index is 12.3. The van der Waals surface area contributed by atoms with Gasteiger partial charge in [-0.3, -0.25) is 14.9 Å². The van der Waals surface area contributed by atoms with Crippen LogP contribution in [-0.4, -0.2) is 54.2 Å². The van der Waals surface area contributed by atoms with E-state index in [1.165, 1.54) is 34.5 Å². The van der Waals surface area contributed by atoms with Gasteiger partial charge in [0.05, 0.1) is 16.4 Å². The van der Waals surface area contributed by atoms with E-state index in [1.54, 1.807) is 19.1 Å². The van der Waals surface area contributed by atoms with Gasteiger partial charge in [-0.2, -0.15) is 0 Å². The molecule has 0 bridgehead atoms. The Morgan fingerprint density at radius 2 is 1.88 bits per heavy atom. The predicted molar refractivity (Wildman–Crippen MR) is 96.0 cm³/mol. The van der Waals surface area contributed by atoms with Gasteiger partial charge in [0, 0.05) is 36.2 Å². The first-order chi connectivity index (χ1) is 11.7. The number of thioether (sulfide) groups is 1. The van der Waals surface area contributed by atoms with Gasteiger partial charge in [-0.15, -0.1) is 11.8 Å². The quantitative estimate of drug-likeness (QED) is 0.451. The summed E-state index contributed by atoms with van der Waals surface area (Å²) in [5.74, 6) is -0.124. The van der Waals surface area contributed by atoms with Crippen LogP contribution >= 0.6 is 11.8 Å². The number of nitro groups is 1. The summed E-state index contributed by atoms with van der Waals surface area (Å²) in [6.07, 6.45) is 2.37. The van der Waals surface area contributed by atoms with Crippen LogP contribution in [-0.2, 0) is 14.8 Å². The Hall–Kier alpha value is -1.65. The van der Waals surface area contributed by atoms with E-state index in [2.05, 4.69) is 5.32 Å². The summed E-state index contributed by atoms with van der Waals surface area (Å²) in [5.41, 5.74) is 0.0130. The maximum Gasteiger partial charge on any atom is 0.269 e. The van der Waals surface area contributed by atoms with Crippen molar-refractivity contribution in [2.45, 2.75) is 36.0 Å². The summed E-state index contributed by atoms with van der Waals surface area (Å²) in [5, 5.41) is 13.2. The molecule has 1 aromatic rings. The monoisotopic (exact) mass is 387 g/mol. The number of piperidine rings is 1. The van der Waals surface area contributed by atoms with E-state index >= 15 is 0 Å². The molecule has 1 unspecified atom stereocenters. The number of nitro benzene ring substituents is 1. The van der Waals surface area contributed by atoms with Gasteiger partial charge in [-0.05, 0) is 31.9 Å². The van der Waals surface area contributed by atoms with Gasteiger partial charge in [-0.25, -0.2) is 12.7 Å². The molecule has 0 aliphatic carbocycles. The second-order valence-electron chi connectivity index (χ2n) is 5.96. The molecule has 138 valence electrons. The Morgan fingerprint density at radius 1 is 1.32 bits per heavy atom. The maximum atomic E-state index is 12.3. The Morgan fingerprint density at radius 3 is 2.36 bits per heavy atom. The standard InChI is InChI=1S/C15H21N3O5S2/c1-11(24-14-5-3-13(4-6-14)18(20)21)15(19)16-12-7-9-17(10-8-12)25(2,22)23/h3-6,11-12H,7-10H2,1-2H3,(H,16,19). The minimum Gasteiger partial charge on any atom is -0.352 e. The van der Waals surface area contributed by atoms with Crippen molar-refractivity contribution in [2.75, 3.05) is 19.3 Å². The molecule has 0 saturated carbocycles. The van der Waals surface area contributed by atoms with Crippen LogP contribution in [0.15, 0.2) is 29.2 Å². The minimum atomic E-state index is -3.18. The lowest BCUT2D eigenvalue weighted by atomic mass is 10.1. The Kier molecular flexibility index (Phi) is 6.42. The molecule has 1 atom stereocenters. The predicted octanol–water partition coefficient (Wildman–Crippen LogP) is 1.62. The van der Waals surface area contributed by atoms with Crippen molar-refractivity contribution in [3.63, 3.8) is 0 Å². The second kappa shape index (κ2) is 8.15. The van der Waals surface area contributed by atoms with E-state index in [-0.39, 0.29) is 22.9 Å². The third-order valence-corrected chi connectivity index (χ3v) is 6.41. The van der Waals surface area contributed by atoms with Crippen LogP contribution < -0.4 is 5.32 Å². The summed E-state index contributed by atoms with van der Waals surface area (Å²) in [7, 11) is -3.18. The van der Waals surface area contributed by atoms with Crippen molar-refractivity contribution in [3.8, 4) is 0 Å². The second-order valence-corrected chi connectivity index (χ2v) is 9.35. The molecule has 25 heavy (non-hydrogen) atoms. The van der Waals surface area contributed by atoms with Crippen LogP contribution in [0.25, 0.3) is 0 Å². The fraction of sp³-hybridized carbons (Fsp3) is 0.533. The highest BCUT2D eigenvalue weighted by molar-refractivity contribution is 8.00.